The van der Waals surface area contributed by atoms with Crippen molar-refractivity contribution in [1.82, 2.24) is 0 Å². The molecule has 0 bridgehead atoms. The Bertz CT molecular complexity index is 177. The zero-order chi connectivity index (χ0) is 14.2. The standard InChI is InChI=1S/C18H36O/c1-3-5-6-7-8-9-10-11-12-13-14-15-16-17-18(19)4-2/h4,18-19H,2-3,5-17H2,1H3/t18-/m1/s1. The van der Waals surface area contributed by atoms with Crippen LogP contribution in [0.25, 0.3) is 0 Å². The lowest BCUT2D eigenvalue weighted by atomic mass is 10.0. The fourth-order valence-corrected chi connectivity index (χ4v) is 2.49. The molecule has 0 radical (unpaired) electrons. The fourth-order valence-electron chi connectivity index (χ4n) is 2.49. The molecule has 0 amide bonds. The first kappa shape index (κ1) is 18.7. The predicted octanol–water partition coefficient (Wildman–Crippen LogP) is 6.01. The van der Waals surface area contributed by atoms with Gasteiger partial charge in [0, 0.05) is 0 Å². The maximum Gasteiger partial charge on any atom is 0.0718 e. The number of rotatable bonds is 15. The maximum atomic E-state index is 9.32. The molecule has 0 spiro atoms. The number of aliphatic hydroxyl groups excluding tert-OH is 1. The van der Waals surface area contributed by atoms with E-state index >= 15 is 0 Å². The summed E-state index contributed by atoms with van der Waals surface area (Å²) in [4.78, 5) is 0. The molecule has 0 aliphatic carbocycles. The second-order valence-electron chi connectivity index (χ2n) is 5.83. The van der Waals surface area contributed by atoms with E-state index in [2.05, 4.69) is 13.5 Å². The predicted molar refractivity (Wildman–Crippen MR) is 86.5 cm³/mol. The van der Waals surface area contributed by atoms with E-state index in [9.17, 15) is 5.11 Å². The van der Waals surface area contributed by atoms with Gasteiger partial charge in [0.2, 0.25) is 0 Å². The Hall–Kier alpha value is -0.300. The molecule has 1 N–H and O–H groups in total. The fraction of sp³-hybridized carbons (Fsp3) is 0.889. The molecule has 0 rings (SSSR count). The molecule has 0 aromatic carbocycles. The highest BCUT2D eigenvalue weighted by molar-refractivity contribution is 4.77. The van der Waals surface area contributed by atoms with Crippen LogP contribution in [0.4, 0.5) is 0 Å². The van der Waals surface area contributed by atoms with Crippen LogP contribution < -0.4 is 0 Å². The van der Waals surface area contributed by atoms with Crippen molar-refractivity contribution in [3.05, 3.63) is 12.7 Å². The molecular formula is C18H36O. The Labute approximate surface area is 121 Å². The Morgan fingerprint density at radius 1 is 0.737 bits per heavy atom. The molecule has 0 unspecified atom stereocenters. The highest BCUT2D eigenvalue weighted by Crippen LogP contribution is 2.13. The van der Waals surface area contributed by atoms with Crippen LogP contribution in [0.1, 0.15) is 96.8 Å². The molecule has 1 atom stereocenters. The van der Waals surface area contributed by atoms with Crippen LogP contribution in [0.5, 0.6) is 0 Å². The number of hydrogen-bond donors (Lipinski definition) is 1. The molecule has 114 valence electrons. The molecule has 19 heavy (non-hydrogen) atoms. The molecule has 0 saturated heterocycles. The van der Waals surface area contributed by atoms with Crippen LogP contribution in [-0.2, 0) is 0 Å². The molecule has 0 saturated carbocycles. The van der Waals surface area contributed by atoms with Gasteiger partial charge in [0.15, 0.2) is 0 Å². The highest BCUT2D eigenvalue weighted by atomic mass is 16.3. The van der Waals surface area contributed by atoms with Gasteiger partial charge in [-0.25, -0.2) is 0 Å². The molecule has 1 heteroatoms. The Morgan fingerprint density at radius 2 is 1.11 bits per heavy atom. The van der Waals surface area contributed by atoms with Gasteiger partial charge in [-0.2, -0.15) is 0 Å². The summed E-state index contributed by atoms with van der Waals surface area (Å²) < 4.78 is 0. The first-order chi connectivity index (χ1) is 9.31. The number of unbranched alkanes of at least 4 members (excludes halogenated alkanes) is 12. The van der Waals surface area contributed by atoms with E-state index in [1.807, 2.05) is 0 Å². The molecular weight excluding hydrogens is 232 g/mol. The average molecular weight is 268 g/mol. The van der Waals surface area contributed by atoms with Crippen LogP contribution in [0.3, 0.4) is 0 Å². The third kappa shape index (κ3) is 15.6. The van der Waals surface area contributed by atoms with Crippen LogP contribution in [0, 0.1) is 0 Å². The summed E-state index contributed by atoms with van der Waals surface area (Å²) in [6, 6.07) is 0. The van der Waals surface area contributed by atoms with Gasteiger partial charge in [0.25, 0.3) is 0 Å². The lowest BCUT2D eigenvalue weighted by Gasteiger charge is -2.05. The molecule has 0 aliphatic heterocycles. The minimum Gasteiger partial charge on any atom is -0.389 e. The van der Waals surface area contributed by atoms with Gasteiger partial charge in [0.05, 0.1) is 6.10 Å². The summed E-state index contributed by atoms with van der Waals surface area (Å²) in [5.41, 5.74) is 0. The molecule has 0 aromatic rings. The number of aliphatic hydroxyl groups is 1. The summed E-state index contributed by atoms with van der Waals surface area (Å²) in [6.07, 6.45) is 20.1. The summed E-state index contributed by atoms with van der Waals surface area (Å²) in [7, 11) is 0. The molecule has 0 fully saturated rings. The van der Waals surface area contributed by atoms with Crippen molar-refractivity contribution in [3.63, 3.8) is 0 Å². The van der Waals surface area contributed by atoms with E-state index in [0.717, 1.165) is 12.8 Å². The minimum absolute atomic E-state index is 0.285. The van der Waals surface area contributed by atoms with E-state index in [1.165, 1.54) is 77.0 Å². The van der Waals surface area contributed by atoms with Crippen molar-refractivity contribution in [2.75, 3.05) is 0 Å². The smallest absolute Gasteiger partial charge is 0.0718 e. The summed E-state index contributed by atoms with van der Waals surface area (Å²) in [5.74, 6) is 0. The van der Waals surface area contributed by atoms with Crippen LogP contribution >= 0.6 is 0 Å². The first-order valence-electron chi connectivity index (χ1n) is 8.62. The van der Waals surface area contributed by atoms with Crippen molar-refractivity contribution in [2.24, 2.45) is 0 Å². The van der Waals surface area contributed by atoms with Gasteiger partial charge < -0.3 is 5.11 Å². The second kappa shape index (κ2) is 15.8. The number of hydrogen-bond acceptors (Lipinski definition) is 1. The third-order valence-corrected chi connectivity index (χ3v) is 3.88. The Morgan fingerprint density at radius 3 is 1.47 bits per heavy atom. The van der Waals surface area contributed by atoms with Crippen molar-refractivity contribution in [3.8, 4) is 0 Å². The summed E-state index contributed by atoms with van der Waals surface area (Å²) in [6.45, 7) is 5.87. The largest absolute Gasteiger partial charge is 0.389 e. The maximum absolute atomic E-state index is 9.32. The SMILES string of the molecule is C=C[C@@H](O)CCCCCCCCCCCCCCC. The zero-order valence-corrected chi connectivity index (χ0v) is 13.2. The topological polar surface area (TPSA) is 20.2 Å². The second-order valence-corrected chi connectivity index (χ2v) is 5.83. The molecule has 0 aromatic heterocycles. The Balaban J connectivity index is 2.97. The van der Waals surface area contributed by atoms with Crippen molar-refractivity contribution in [1.29, 1.82) is 0 Å². The quantitative estimate of drug-likeness (QED) is 0.284. The van der Waals surface area contributed by atoms with E-state index in [4.69, 9.17) is 0 Å². The first-order valence-corrected chi connectivity index (χ1v) is 8.62. The Kier molecular flexibility index (Phi) is 15.5. The minimum atomic E-state index is -0.285. The summed E-state index contributed by atoms with van der Waals surface area (Å²) >= 11 is 0. The van der Waals surface area contributed by atoms with E-state index in [1.54, 1.807) is 6.08 Å². The normalized spacial score (nSPS) is 12.5. The van der Waals surface area contributed by atoms with Gasteiger partial charge in [-0.15, -0.1) is 6.58 Å². The van der Waals surface area contributed by atoms with Crippen LogP contribution in [-0.4, -0.2) is 11.2 Å². The monoisotopic (exact) mass is 268 g/mol. The van der Waals surface area contributed by atoms with Gasteiger partial charge in [0.1, 0.15) is 0 Å². The van der Waals surface area contributed by atoms with Crippen molar-refractivity contribution in [2.45, 2.75) is 103 Å². The van der Waals surface area contributed by atoms with Gasteiger partial charge in [-0.05, 0) is 6.42 Å². The summed E-state index contributed by atoms with van der Waals surface area (Å²) in [5, 5.41) is 9.32. The van der Waals surface area contributed by atoms with Gasteiger partial charge in [-0.3, -0.25) is 0 Å². The van der Waals surface area contributed by atoms with Gasteiger partial charge >= 0.3 is 0 Å². The van der Waals surface area contributed by atoms with Crippen molar-refractivity contribution < 1.29 is 5.11 Å². The molecule has 0 heterocycles. The third-order valence-electron chi connectivity index (χ3n) is 3.88. The van der Waals surface area contributed by atoms with E-state index in [-0.39, 0.29) is 6.10 Å². The molecule has 1 nitrogen and oxygen atoms in total. The van der Waals surface area contributed by atoms with Crippen LogP contribution in [0.2, 0.25) is 0 Å². The lowest BCUT2D eigenvalue weighted by molar-refractivity contribution is 0.208. The van der Waals surface area contributed by atoms with Crippen molar-refractivity contribution >= 4 is 0 Å². The van der Waals surface area contributed by atoms with Gasteiger partial charge in [-0.1, -0.05) is 96.5 Å². The van der Waals surface area contributed by atoms with E-state index < -0.39 is 0 Å². The average Bonchev–Trinajstić information content (AvgIpc) is 2.43. The molecule has 0 aliphatic rings. The van der Waals surface area contributed by atoms with E-state index in [0.29, 0.717) is 0 Å². The zero-order valence-electron chi connectivity index (χ0n) is 13.2. The highest BCUT2D eigenvalue weighted by Gasteiger charge is 1.97. The lowest BCUT2D eigenvalue weighted by Crippen LogP contribution is -2.00. The van der Waals surface area contributed by atoms with Crippen LogP contribution in [0.15, 0.2) is 12.7 Å².